The lowest BCUT2D eigenvalue weighted by atomic mass is 10.2. The largest absolute Gasteiger partial charge is 0.493 e. The third-order valence-corrected chi connectivity index (χ3v) is 3.09. The van der Waals surface area contributed by atoms with Crippen LogP contribution in [0.3, 0.4) is 0 Å². The number of benzene rings is 1. The molecule has 0 radical (unpaired) electrons. The van der Waals surface area contributed by atoms with Crippen molar-refractivity contribution in [3.8, 4) is 11.5 Å². The fourth-order valence-corrected chi connectivity index (χ4v) is 1.92. The first kappa shape index (κ1) is 16.5. The lowest BCUT2D eigenvalue weighted by molar-refractivity contribution is -0.116. The first-order valence-electron chi connectivity index (χ1n) is 7.34. The van der Waals surface area contributed by atoms with Gasteiger partial charge in [-0.1, -0.05) is 12.1 Å². The molecule has 2 aromatic rings. The second kappa shape index (κ2) is 8.58. The van der Waals surface area contributed by atoms with Gasteiger partial charge in [-0.25, -0.2) is 0 Å². The molecule has 0 aliphatic rings. The Bertz CT molecular complexity index is 656. The number of carbonyl (C=O) groups excluding carboxylic acids is 1. The maximum atomic E-state index is 11.8. The Labute approximate surface area is 136 Å². The molecule has 0 aliphatic carbocycles. The first-order valence-corrected chi connectivity index (χ1v) is 7.34. The molecule has 0 spiro atoms. The minimum Gasteiger partial charge on any atom is -0.493 e. The van der Waals surface area contributed by atoms with Crippen molar-refractivity contribution in [1.82, 2.24) is 10.3 Å². The summed E-state index contributed by atoms with van der Waals surface area (Å²) in [5.74, 6) is 1.16. The number of pyridine rings is 1. The van der Waals surface area contributed by atoms with Crippen molar-refractivity contribution in [1.29, 1.82) is 0 Å². The number of nitrogens with one attached hydrogen (secondary N) is 1. The number of carbonyl (C=O) groups is 1. The summed E-state index contributed by atoms with van der Waals surface area (Å²) in [4.78, 5) is 15.7. The molecule has 1 heterocycles. The van der Waals surface area contributed by atoms with Crippen molar-refractivity contribution >= 4 is 12.0 Å². The number of ether oxygens (including phenoxy) is 2. The molecule has 1 aromatic carbocycles. The minimum atomic E-state index is -0.176. The van der Waals surface area contributed by atoms with Crippen molar-refractivity contribution in [2.45, 2.75) is 13.0 Å². The van der Waals surface area contributed by atoms with E-state index in [1.54, 1.807) is 25.6 Å². The van der Waals surface area contributed by atoms with Crippen LogP contribution in [0, 0.1) is 0 Å². The van der Waals surface area contributed by atoms with Gasteiger partial charge in [0.15, 0.2) is 11.5 Å². The van der Waals surface area contributed by atoms with Crippen LogP contribution in [0.2, 0.25) is 0 Å². The van der Waals surface area contributed by atoms with Gasteiger partial charge < -0.3 is 14.8 Å². The summed E-state index contributed by atoms with van der Waals surface area (Å²) in [6.45, 7) is 2.29. The van der Waals surface area contributed by atoms with Gasteiger partial charge in [-0.2, -0.15) is 0 Å². The zero-order valence-electron chi connectivity index (χ0n) is 13.2. The van der Waals surface area contributed by atoms with Gasteiger partial charge in [0.1, 0.15) is 6.10 Å². The molecule has 120 valence electrons. The average molecular weight is 312 g/mol. The van der Waals surface area contributed by atoms with E-state index in [0.717, 1.165) is 5.56 Å². The lowest BCUT2D eigenvalue weighted by Crippen LogP contribution is -2.32. The van der Waals surface area contributed by atoms with Crippen LogP contribution in [0.25, 0.3) is 6.08 Å². The molecule has 5 heteroatoms. The van der Waals surface area contributed by atoms with Gasteiger partial charge in [0, 0.05) is 18.5 Å². The van der Waals surface area contributed by atoms with Crippen molar-refractivity contribution in [2.24, 2.45) is 0 Å². The monoisotopic (exact) mass is 312 g/mol. The maximum Gasteiger partial charge on any atom is 0.244 e. The lowest BCUT2D eigenvalue weighted by Gasteiger charge is -2.16. The quantitative estimate of drug-likeness (QED) is 0.799. The molecule has 0 aliphatic heterocycles. The number of para-hydroxylation sites is 2. The summed E-state index contributed by atoms with van der Waals surface area (Å²) in [5.41, 5.74) is 0.925. The van der Waals surface area contributed by atoms with E-state index in [4.69, 9.17) is 9.47 Å². The van der Waals surface area contributed by atoms with E-state index in [9.17, 15) is 4.79 Å². The van der Waals surface area contributed by atoms with Crippen LogP contribution in [0.4, 0.5) is 0 Å². The van der Waals surface area contributed by atoms with Gasteiger partial charge in [0.25, 0.3) is 0 Å². The molecule has 1 amide bonds. The second-order valence-corrected chi connectivity index (χ2v) is 4.94. The number of methoxy groups -OCH3 is 1. The summed E-state index contributed by atoms with van der Waals surface area (Å²) in [6, 6.07) is 11.1. The Morgan fingerprint density at radius 2 is 1.91 bits per heavy atom. The van der Waals surface area contributed by atoms with Crippen molar-refractivity contribution < 1.29 is 14.3 Å². The Hall–Kier alpha value is -2.82. The van der Waals surface area contributed by atoms with Crippen LogP contribution in [0.1, 0.15) is 12.5 Å². The highest BCUT2D eigenvalue weighted by atomic mass is 16.5. The van der Waals surface area contributed by atoms with Gasteiger partial charge in [-0.3, -0.25) is 9.78 Å². The fourth-order valence-electron chi connectivity index (χ4n) is 1.92. The Balaban J connectivity index is 1.81. The summed E-state index contributed by atoms with van der Waals surface area (Å²) < 4.78 is 11.0. The van der Waals surface area contributed by atoms with E-state index in [0.29, 0.717) is 18.0 Å². The third kappa shape index (κ3) is 5.47. The van der Waals surface area contributed by atoms with Crippen molar-refractivity contribution in [3.05, 3.63) is 60.4 Å². The van der Waals surface area contributed by atoms with Crippen LogP contribution >= 0.6 is 0 Å². The second-order valence-electron chi connectivity index (χ2n) is 4.94. The third-order valence-electron chi connectivity index (χ3n) is 3.09. The number of amides is 1. The highest BCUT2D eigenvalue weighted by molar-refractivity contribution is 5.91. The summed E-state index contributed by atoms with van der Waals surface area (Å²) in [6.07, 6.45) is 6.42. The first-order chi connectivity index (χ1) is 11.2. The van der Waals surface area contributed by atoms with Gasteiger partial charge >= 0.3 is 0 Å². The molecule has 1 atom stereocenters. The minimum absolute atomic E-state index is 0.169. The molecule has 1 N–H and O–H groups in total. The summed E-state index contributed by atoms with van der Waals surface area (Å²) in [7, 11) is 1.60. The number of hydrogen-bond acceptors (Lipinski definition) is 4. The fraction of sp³-hybridized carbons (Fsp3) is 0.222. The molecule has 2 rings (SSSR count). The molecule has 1 aromatic heterocycles. The molecule has 1 unspecified atom stereocenters. The number of nitrogens with zero attached hydrogens (tertiary/aromatic N) is 1. The van der Waals surface area contributed by atoms with Crippen LogP contribution in [0.15, 0.2) is 54.9 Å². The average Bonchev–Trinajstić information content (AvgIpc) is 2.59. The predicted octanol–water partition coefficient (Wildman–Crippen LogP) is 2.69. The van der Waals surface area contributed by atoms with Crippen molar-refractivity contribution in [2.75, 3.05) is 13.7 Å². The zero-order chi connectivity index (χ0) is 16.5. The topological polar surface area (TPSA) is 60.5 Å². The zero-order valence-corrected chi connectivity index (χ0v) is 13.2. The normalized spacial score (nSPS) is 11.9. The van der Waals surface area contributed by atoms with E-state index in [1.165, 1.54) is 6.08 Å². The summed E-state index contributed by atoms with van der Waals surface area (Å²) in [5, 5.41) is 2.80. The van der Waals surface area contributed by atoms with E-state index in [2.05, 4.69) is 10.3 Å². The molecular weight excluding hydrogens is 292 g/mol. The van der Waals surface area contributed by atoms with E-state index in [1.807, 2.05) is 43.3 Å². The van der Waals surface area contributed by atoms with E-state index >= 15 is 0 Å². The standard InChI is InChI=1S/C18H20N2O3/c1-14(23-17-6-4-3-5-16(17)22-2)13-20-18(21)8-7-15-9-11-19-12-10-15/h3-12,14H,13H2,1-2H3,(H,20,21)/b8-7+. The van der Waals surface area contributed by atoms with Crippen LogP contribution in [-0.4, -0.2) is 30.6 Å². The maximum absolute atomic E-state index is 11.8. The molecule has 0 saturated heterocycles. The molecule has 0 bridgehead atoms. The molecular formula is C18H20N2O3. The molecule has 0 fully saturated rings. The van der Waals surface area contributed by atoms with Gasteiger partial charge in [-0.05, 0) is 42.8 Å². The smallest absolute Gasteiger partial charge is 0.244 e. The summed E-state index contributed by atoms with van der Waals surface area (Å²) >= 11 is 0. The van der Waals surface area contributed by atoms with Gasteiger partial charge in [0.2, 0.25) is 5.91 Å². The Morgan fingerprint density at radius 1 is 1.22 bits per heavy atom. The van der Waals surface area contributed by atoms with E-state index < -0.39 is 0 Å². The SMILES string of the molecule is COc1ccccc1OC(C)CNC(=O)/C=C/c1ccncc1. The molecule has 23 heavy (non-hydrogen) atoms. The van der Waals surface area contributed by atoms with Crippen LogP contribution in [-0.2, 0) is 4.79 Å². The van der Waals surface area contributed by atoms with Gasteiger partial charge in [-0.15, -0.1) is 0 Å². The van der Waals surface area contributed by atoms with Crippen molar-refractivity contribution in [3.63, 3.8) is 0 Å². The number of hydrogen-bond donors (Lipinski definition) is 1. The Morgan fingerprint density at radius 3 is 2.61 bits per heavy atom. The highest BCUT2D eigenvalue weighted by Crippen LogP contribution is 2.26. The van der Waals surface area contributed by atoms with Crippen LogP contribution in [0.5, 0.6) is 11.5 Å². The van der Waals surface area contributed by atoms with Gasteiger partial charge in [0.05, 0.1) is 13.7 Å². The number of rotatable bonds is 7. The van der Waals surface area contributed by atoms with Crippen LogP contribution < -0.4 is 14.8 Å². The highest BCUT2D eigenvalue weighted by Gasteiger charge is 2.09. The van der Waals surface area contributed by atoms with E-state index in [-0.39, 0.29) is 12.0 Å². The molecule has 5 nitrogen and oxygen atoms in total. The predicted molar refractivity (Wildman–Crippen MR) is 89.4 cm³/mol. The Kier molecular flexibility index (Phi) is 6.17. The number of aromatic nitrogens is 1. The molecule has 0 saturated carbocycles.